The van der Waals surface area contributed by atoms with E-state index in [1.54, 1.807) is 0 Å². The smallest absolute Gasteiger partial charge is 0.194 e. The summed E-state index contributed by atoms with van der Waals surface area (Å²) in [5.74, 6) is 0. The van der Waals surface area contributed by atoms with Crippen LogP contribution in [0.4, 0.5) is 5.69 Å². The van der Waals surface area contributed by atoms with Crippen molar-refractivity contribution in [3.8, 4) is 33.5 Å². The molecule has 10 aromatic carbocycles. The molecule has 0 N–H and O–H groups in total. The van der Waals surface area contributed by atoms with Gasteiger partial charge in [-0.3, -0.25) is 0 Å². The Morgan fingerprint density at radius 2 is 0.889 bits per heavy atom. The molecule has 0 spiro atoms. The molecule has 0 saturated heterocycles. The van der Waals surface area contributed by atoms with Crippen molar-refractivity contribution in [1.29, 1.82) is 0 Å². The first-order valence-electron chi connectivity index (χ1n) is 18.3. The molecule has 1 aromatic heterocycles. The van der Waals surface area contributed by atoms with Gasteiger partial charge in [-0.15, -0.1) is 0 Å². The summed E-state index contributed by atoms with van der Waals surface area (Å²) in [6, 6.07) is 65.1. The first-order valence-corrected chi connectivity index (χ1v) is 18.3. The number of benzene rings is 10. The number of fused-ring (bicyclic) bond motifs is 10. The lowest BCUT2D eigenvalue weighted by molar-refractivity contribution is 1.43. The molecule has 0 aliphatic carbocycles. The highest BCUT2D eigenvalue weighted by Crippen LogP contribution is 2.50. The molecule has 0 bridgehead atoms. The average Bonchev–Trinajstić information content (AvgIpc) is 3.24. The molecule has 0 atom stereocenters. The SMILES string of the molecule is [C-]#[N+]c1ccc(-c2c3ccccc3c(-c3cc4c(-c5ccccc5)nc5ccc6ccccc6c5c4c4ccccc34)c3ccccc23)c2ccccc12. The van der Waals surface area contributed by atoms with Gasteiger partial charge in [0, 0.05) is 21.7 Å². The molecule has 0 aliphatic heterocycles. The van der Waals surface area contributed by atoms with Gasteiger partial charge >= 0.3 is 0 Å². The maximum Gasteiger partial charge on any atom is 0.194 e. The minimum Gasteiger partial charge on any atom is -0.247 e. The monoisotopic (exact) mass is 682 g/mol. The van der Waals surface area contributed by atoms with Gasteiger partial charge in [-0.2, -0.15) is 0 Å². The second-order valence-electron chi connectivity index (χ2n) is 14.0. The average molecular weight is 683 g/mol. The number of hydrogen-bond donors (Lipinski definition) is 0. The van der Waals surface area contributed by atoms with Crippen LogP contribution in [-0.4, -0.2) is 4.98 Å². The van der Waals surface area contributed by atoms with Crippen molar-refractivity contribution in [3.05, 3.63) is 193 Å². The Morgan fingerprint density at radius 1 is 0.370 bits per heavy atom. The molecular formula is C52H30N2. The van der Waals surface area contributed by atoms with Crippen LogP contribution in [-0.2, 0) is 0 Å². The van der Waals surface area contributed by atoms with Crippen molar-refractivity contribution in [2.45, 2.75) is 0 Å². The molecule has 11 aromatic rings. The van der Waals surface area contributed by atoms with Crippen LogP contribution >= 0.6 is 0 Å². The Bertz CT molecular complexity index is 3330. The first-order chi connectivity index (χ1) is 26.8. The zero-order chi connectivity index (χ0) is 35.8. The number of rotatable bonds is 3. The summed E-state index contributed by atoms with van der Waals surface area (Å²) in [5.41, 5.74) is 8.46. The number of pyridine rings is 1. The summed E-state index contributed by atoms with van der Waals surface area (Å²) in [4.78, 5) is 9.34. The molecular weight excluding hydrogens is 653 g/mol. The van der Waals surface area contributed by atoms with Crippen LogP contribution in [0.25, 0.3) is 114 Å². The van der Waals surface area contributed by atoms with Crippen molar-refractivity contribution in [2.75, 3.05) is 0 Å². The van der Waals surface area contributed by atoms with E-state index in [0.717, 1.165) is 38.5 Å². The molecule has 248 valence electrons. The van der Waals surface area contributed by atoms with E-state index in [4.69, 9.17) is 11.6 Å². The Kier molecular flexibility index (Phi) is 6.65. The minimum absolute atomic E-state index is 0.672. The van der Waals surface area contributed by atoms with E-state index in [1.807, 2.05) is 12.1 Å². The van der Waals surface area contributed by atoms with Crippen molar-refractivity contribution >= 4 is 81.2 Å². The van der Waals surface area contributed by atoms with Gasteiger partial charge in [0.2, 0.25) is 0 Å². The maximum absolute atomic E-state index is 7.88. The highest BCUT2D eigenvalue weighted by Gasteiger charge is 2.23. The standard InChI is InChI=1S/C52H30N2/c1-53-46-30-28-43(35-19-7-9-21-37(35)46)48-39-23-11-13-25-41(39)49(42-26-14-12-24-40(42)48)44-31-45-50(38-22-10-8-20-36(38)44)51-34-18-6-5-15-32(34)27-29-47(51)54-52(45)33-16-3-2-4-17-33/h2-31H. The largest absolute Gasteiger partial charge is 0.247 e. The van der Waals surface area contributed by atoms with Crippen LogP contribution in [0.3, 0.4) is 0 Å². The summed E-state index contributed by atoms with van der Waals surface area (Å²) in [6.45, 7) is 7.88. The summed E-state index contributed by atoms with van der Waals surface area (Å²) in [6.07, 6.45) is 0. The van der Waals surface area contributed by atoms with Crippen molar-refractivity contribution in [2.24, 2.45) is 0 Å². The van der Waals surface area contributed by atoms with Gasteiger partial charge < -0.3 is 0 Å². The molecule has 2 nitrogen and oxygen atoms in total. The third-order valence-electron chi connectivity index (χ3n) is 11.2. The van der Waals surface area contributed by atoms with Crippen molar-refractivity contribution in [1.82, 2.24) is 4.98 Å². The Morgan fingerprint density at radius 3 is 1.54 bits per heavy atom. The zero-order valence-electron chi connectivity index (χ0n) is 29.2. The van der Waals surface area contributed by atoms with E-state index < -0.39 is 0 Å². The molecule has 0 fully saturated rings. The Balaban J connectivity index is 1.34. The molecule has 54 heavy (non-hydrogen) atoms. The van der Waals surface area contributed by atoms with Gasteiger partial charge in [0.1, 0.15) is 0 Å². The van der Waals surface area contributed by atoms with Crippen LogP contribution in [0, 0.1) is 6.57 Å². The van der Waals surface area contributed by atoms with Crippen LogP contribution in [0.5, 0.6) is 0 Å². The van der Waals surface area contributed by atoms with Crippen molar-refractivity contribution in [3.63, 3.8) is 0 Å². The Labute approximate surface area is 312 Å². The van der Waals surface area contributed by atoms with E-state index in [1.165, 1.54) is 70.6 Å². The number of hydrogen-bond acceptors (Lipinski definition) is 1. The van der Waals surface area contributed by atoms with Gasteiger partial charge in [0.05, 0.1) is 17.8 Å². The maximum atomic E-state index is 7.88. The molecule has 0 aliphatic rings. The lowest BCUT2D eigenvalue weighted by Gasteiger charge is -2.21. The lowest BCUT2D eigenvalue weighted by atomic mass is 9.82. The van der Waals surface area contributed by atoms with E-state index in [2.05, 4.69) is 175 Å². The van der Waals surface area contributed by atoms with Crippen LogP contribution in [0.2, 0.25) is 0 Å². The van der Waals surface area contributed by atoms with Gasteiger partial charge in [0.25, 0.3) is 0 Å². The van der Waals surface area contributed by atoms with E-state index in [9.17, 15) is 0 Å². The molecule has 0 unspecified atom stereocenters. The molecule has 0 radical (unpaired) electrons. The third kappa shape index (κ3) is 4.36. The highest BCUT2D eigenvalue weighted by molar-refractivity contribution is 6.33. The molecule has 0 amide bonds. The molecule has 0 saturated carbocycles. The van der Waals surface area contributed by atoms with Crippen LogP contribution in [0.15, 0.2) is 182 Å². The Hall–Kier alpha value is -7.34. The highest BCUT2D eigenvalue weighted by atomic mass is 14.7. The number of aromatic nitrogens is 1. The normalized spacial score (nSPS) is 11.7. The van der Waals surface area contributed by atoms with E-state index >= 15 is 0 Å². The van der Waals surface area contributed by atoms with Crippen LogP contribution < -0.4 is 0 Å². The molecule has 11 rings (SSSR count). The quantitative estimate of drug-likeness (QED) is 0.103. The van der Waals surface area contributed by atoms with Gasteiger partial charge in [0.15, 0.2) is 5.69 Å². The summed E-state index contributed by atoms with van der Waals surface area (Å²) in [7, 11) is 0. The van der Waals surface area contributed by atoms with E-state index in [0.29, 0.717) is 5.69 Å². The predicted octanol–water partition coefficient (Wildman–Crippen LogP) is 14.7. The van der Waals surface area contributed by atoms with Gasteiger partial charge in [-0.25, -0.2) is 9.83 Å². The first kappa shape index (κ1) is 30.3. The summed E-state index contributed by atoms with van der Waals surface area (Å²) < 4.78 is 0. The second-order valence-corrected chi connectivity index (χ2v) is 14.0. The zero-order valence-corrected chi connectivity index (χ0v) is 29.2. The summed E-state index contributed by atoms with van der Waals surface area (Å²) in [5, 5.41) is 15.2. The second kappa shape index (κ2) is 11.9. The van der Waals surface area contributed by atoms with E-state index in [-0.39, 0.29) is 0 Å². The van der Waals surface area contributed by atoms with Crippen molar-refractivity contribution < 1.29 is 0 Å². The fourth-order valence-electron chi connectivity index (χ4n) is 8.96. The predicted molar refractivity (Wildman–Crippen MR) is 229 cm³/mol. The summed E-state index contributed by atoms with van der Waals surface area (Å²) >= 11 is 0. The van der Waals surface area contributed by atoms with Gasteiger partial charge in [-0.1, -0.05) is 170 Å². The molecule has 1 heterocycles. The number of nitrogens with zero attached hydrogens (tertiary/aromatic N) is 2. The van der Waals surface area contributed by atoms with Gasteiger partial charge in [-0.05, 0) is 88.2 Å². The minimum atomic E-state index is 0.672. The lowest BCUT2D eigenvalue weighted by Crippen LogP contribution is -1.95. The fourth-order valence-corrected chi connectivity index (χ4v) is 8.96. The third-order valence-corrected chi connectivity index (χ3v) is 11.2. The van der Waals surface area contributed by atoms with Crippen LogP contribution in [0.1, 0.15) is 0 Å². The fraction of sp³-hybridized carbons (Fsp3) is 0. The topological polar surface area (TPSA) is 17.2 Å². The molecule has 2 heteroatoms.